The summed E-state index contributed by atoms with van der Waals surface area (Å²) in [5, 5.41) is 14.6. The summed E-state index contributed by atoms with van der Waals surface area (Å²) in [6, 6.07) is 9.80. The predicted molar refractivity (Wildman–Crippen MR) is 121 cm³/mol. The number of carbonyl (C=O) groups is 1. The van der Waals surface area contributed by atoms with Gasteiger partial charge in [-0.05, 0) is 37.3 Å². The molecule has 30 heavy (non-hydrogen) atoms. The summed E-state index contributed by atoms with van der Waals surface area (Å²) in [6.45, 7) is 11.5. The Kier molecular flexibility index (Phi) is 7.06. The maximum Gasteiger partial charge on any atom is 0.318 e. The van der Waals surface area contributed by atoms with Gasteiger partial charge in [0.2, 0.25) is 0 Å². The lowest BCUT2D eigenvalue weighted by Crippen LogP contribution is -2.28. The van der Waals surface area contributed by atoms with Crippen LogP contribution in [0.15, 0.2) is 24.3 Å². The molecule has 2 aromatic rings. The summed E-state index contributed by atoms with van der Waals surface area (Å²) in [5.74, 6) is -0.418. The molecule has 160 valence electrons. The van der Waals surface area contributed by atoms with Crippen LogP contribution in [0.5, 0.6) is 0 Å². The molecule has 0 unspecified atom stereocenters. The fraction of sp³-hybridized carbons (Fsp3) is 0.435. The number of allylic oxidation sites excluding steroid dienone is 1. The Labute approximate surface area is 188 Å². The van der Waals surface area contributed by atoms with Crippen molar-refractivity contribution in [3.05, 3.63) is 51.8 Å². The number of rotatable bonds is 5. The predicted octanol–water partition coefficient (Wildman–Crippen LogP) is 5.88. The number of aryl methyl sites for hydroxylation is 2. The molecule has 0 aliphatic carbocycles. The van der Waals surface area contributed by atoms with Gasteiger partial charge in [-0.3, -0.25) is 9.48 Å². The van der Waals surface area contributed by atoms with Gasteiger partial charge in [-0.2, -0.15) is 10.4 Å². The molecule has 0 aliphatic rings. The number of hydrogen-bond donors (Lipinski definition) is 0. The molecule has 2 rings (SSSR count). The summed E-state index contributed by atoms with van der Waals surface area (Å²) in [7, 11) is 1.69. The first-order chi connectivity index (χ1) is 13.8. The molecular weight excluding hydrogens is 421 g/mol. The number of carbonyl (C=O) groups excluding carboxylic acids is 1. The molecule has 0 N–H and O–H groups in total. The van der Waals surface area contributed by atoms with Crippen molar-refractivity contribution in [2.24, 2.45) is 12.5 Å². The number of aromatic nitrogens is 2. The molecule has 0 amide bonds. The third-order valence-electron chi connectivity index (χ3n) is 4.82. The zero-order chi connectivity index (χ0) is 22.9. The molecule has 0 fully saturated rings. The second-order valence-corrected chi connectivity index (χ2v) is 9.57. The van der Waals surface area contributed by atoms with E-state index < -0.39 is 11.4 Å². The summed E-state index contributed by atoms with van der Waals surface area (Å²) in [5.41, 5.74) is 1.90. The highest BCUT2D eigenvalue weighted by Crippen LogP contribution is 2.35. The van der Waals surface area contributed by atoms with Gasteiger partial charge in [0, 0.05) is 12.9 Å². The van der Waals surface area contributed by atoms with Gasteiger partial charge in [0.25, 0.3) is 0 Å². The summed E-state index contributed by atoms with van der Waals surface area (Å²) < 4.78 is 7.27. The SMILES string of the molecule is Cc1nn(C)c(/C(OC(=O)C(C)(C)CCl)=C(\C#N)c2ccc(C(C)(C)C)cc2)c1Cl. The van der Waals surface area contributed by atoms with Crippen LogP contribution in [0, 0.1) is 23.7 Å². The quantitative estimate of drug-likeness (QED) is 0.248. The third kappa shape index (κ3) is 4.88. The van der Waals surface area contributed by atoms with E-state index >= 15 is 0 Å². The molecule has 0 saturated heterocycles. The lowest BCUT2D eigenvalue weighted by Gasteiger charge is -2.22. The monoisotopic (exact) mass is 447 g/mol. The third-order valence-corrected chi connectivity index (χ3v) is 5.94. The molecule has 0 spiro atoms. The fourth-order valence-electron chi connectivity index (χ4n) is 2.77. The summed E-state index contributed by atoms with van der Waals surface area (Å²) in [6.07, 6.45) is 0. The van der Waals surface area contributed by atoms with E-state index in [-0.39, 0.29) is 22.6 Å². The second kappa shape index (κ2) is 8.83. The molecule has 1 heterocycles. The zero-order valence-corrected chi connectivity index (χ0v) is 19.9. The van der Waals surface area contributed by atoms with E-state index in [0.717, 1.165) is 5.56 Å². The number of benzene rings is 1. The Balaban J connectivity index is 2.73. The largest absolute Gasteiger partial charge is 0.422 e. The first-order valence-corrected chi connectivity index (χ1v) is 10.5. The maximum atomic E-state index is 12.8. The van der Waals surface area contributed by atoms with E-state index in [9.17, 15) is 10.1 Å². The second-order valence-electron chi connectivity index (χ2n) is 8.92. The van der Waals surface area contributed by atoms with Crippen LogP contribution in [0.3, 0.4) is 0 Å². The van der Waals surface area contributed by atoms with Crippen molar-refractivity contribution in [3.63, 3.8) is 0 Å². The number of esters is 1. The van der Waals surface area contributed by atoms with E-state index in [1.807, 2.05) is 24.3 Å². The van der Waals surface area contributed by atoms with Crippen molar-refractivity contribution in [1.29, 1.82) is 5.26 Å². The van der Waals surface area contributed by atoms with Gasteiger partial charge in [-0.1, -0.05) is 56.6 Å². The van der Waals surface area contributed by atoms with E-state index in [0.29, 0.717) is 22.0 Å². The molecule has 1 aromatic heterocycles. The van der Waals surface area contributed by atoms with Gasteiger partial charge in [0.1, 0.15) is 17.3 Å². The lowest BCUT2D eigenvalue weighted by atomic mass is 9.86. The number of halogens is 2. The number of nitrogens with zero attached hydrogens (tertiary/aromatic N) is 3. The summed E-state index contributed by atoms with van der Waals surface area (Å²) in [4.78, 5) is 12.8. The average molecular weight is 448 g/mol. The van der Waals surface area contributed by atoms with Crippen LogP contribution in [-0.2, 0) is 22.0 Å². The minimum absolute atomic E-state index is 0.0306. The molecule has 0 bridgehead atoms. The molecule has 0 saturated carbocycles. The Morgan fingerprint density at radius 3 is 2.17 bits per heavy atom. The Morgan fingerprint density at radius 1 is 1.20 bits per heavy atom. The zero-order valence-electron chi connectivity index (χ0n) is 18.4. The van der Waals surface area contributed by atoms with Crippen molar-refractivity contribution in [1.82, 2.24) is 9.78 Å². The number of alkyl halides is 1. The van der Waals surface area contributed by atoms with Crippen molar-refractivity contribution >= 4 is 40.5 Å². The van der Waals surface area contributed by atoms with Crippen LogP contribution in [0.2, 0.25) is 5.02 Å². The van der Waals surface area contributed by atoms with Crippen molar-refractivity contribution in [2.75, 3.05) is 5.88 Å². The molecule has 0 aliphatic heterocycles. The lowest BCUT2D eigenvalue weighted by molar-refractivity contribution is -0.145. The molecular formula is C23H27Cl2N3O2. The average Bonchev–Trinajstić information content (AvgIpc) is 2.92. The van der Waals surface area contributed by atoms with E-state index in [1.165, 1.54) is 4.68 Å². The van der Waals surface area contributed by atoms with Gasteiger partial charge in [-0.15, -0.1) is 11.6 Å². The maximum absolute atomic E-state index is 12.8. The highest BCUT2D eigenvalue weighted by molar-refractivity contribution is 6.33. The van der Waals surface area contributed by atoms with E-state index in [1.54, 1.807) is 27.8 Å². The van der Waals surface area contributed by atoms with Crippen LogP contribution in [0.4, 0.5) is 0 Å². The van der Waals surface area contributed by atoms with Gasteiger partial charge >= 0.3 is 5.97 Å². The van der Waals surface area contributed by atoms with Gasteiger partial charge in [-0.25, -0.2) is 0 Å². The van der Waals surface area contributed by atoms with Crippen molar-refractivity contribution in [3.8, 4) is 6.07 Å². The van der Waals surface area contributed by atoms with Crippen LogP contribution in [0.1, 0.15) is 57.1 Å². The fourth-order valence-corrected chi connectivity index (χ4v) is 3.12. The first kappa shape index (κ1) is 24.0. The van der Waals surface area contributed by atoms with Gasteiger partial charge < -0.3 is 4.74 Å². The standard InChI is InChI=1S/C23H27Cl2N3O2/c1-14-18(25)19(28(7)27-14)20(30-21(29)23(5,6)13-24)17(12-26)15-8-10-16(11-9-15)22(2,3)4/h8-11H,13H2,1-7H3/b20-17-. The topological polar surface area (TPSA) is 67.9 Å². The van der Waals surface area contributed by atoms with Crippen LogP contribution in [0.25, 0.3) is 11.3 Å². The van der Waals surface area contributed by atoms with Crippen LogP contribution in [-0.4, -0.2) is 21.6 Å². The number of nitriles is 1. The minimum Gasteiger partial charge on any atom is -0.422 e. The van der Waals surface area contributed by atoms with Gasteiger partial charge in [0.05, 0.1) is 16.1 Å². The highest BCUT2D eigenvalue weighted by atomic mass is 35.5. The molecule has 0 atom stereocenters. The molecule has 7 heteroatoms. The van der Waals surface area contributed by atoms with Crippen molar-refractivity contribution < 1.29 is 9.53 Å². The summed E-state index contributed by atoms with van der Waals surface area (Å²) >= 11 is 12.4. The smallest absolute Gasteiger partial charge is 0.318 e. The van der Waals surface area contributed by atoms with E-state index in [4.69, 9.17) is 27.9 Å². The Bertz CT molecular complexity index is 1020. The Hall–Kier alpha value is -2.29. The normalized spacial score (nSPS) is 12.9. The van der Waals surface area contributed by atoms with Crippen LogP contribution >= 0.6 is 23.2 Å². The number of ether oxygens (including phenoxy) is 1. The molecule has 0 radical (unpaired) electrons. The van der Waals surface area contributed by atoms with Crippen LogP contribution < -0.4 is 0 Å². The molecule has 5 nitrogen and oxygen atoms in total. The minimum atomic E-state index is -0.941. The van der Waals surface area contributed by atoms with Crippen molar-refractivity contribution in [2.45, 2.75) is 47.0 Å². The first-order valence-electron chi connectivity index (χ1n) is 9.56. The molecule has 1 aromatic carbocycles. The van der Waals surface area contributed by atoms with E-state index in [2.05, 4.69) is 31.9 Å². The highest BCUT2D eigenvalue weighted by Gasteiger charge is 2.33. The number of hydrogen-bond acceptors (Lipinski definition) is 4. The Morgan fingerprint density at radius 2 is 1.77 bits per heavy atom. The van der Waals surface area contributed by atoms with Gasteiger partial charge in [0.15, 0.2) is 5.76 Å².